The van der Waals surface area contributed by atoms with Gasteiger partial charge in [0.15, 0.2) is 5.82 Å². The predicted octanol–water partition coefficient (Wildman–Crippen LogP) is 4.27. The number of rotatable bonds is 4. The number of hydrogen-bond donors (Lipinski definition) is 2. The number of terminal acetylenes is 1. The highest BCUT2D eigenvalue weighted by Crippen LogP contribution is 2.30. The van der Waals surface area contributed by atoms with Gasteiger partial charge in [0.2, 0.25) is 5.91 Å². The van der Waals surface area contributed by atoms with Crippen LogP contribution in [-0.4, -0.2) is 15.9 Å². The molecule has 0 fully saturated rings. The van der Waals surface area contributed by atoms with Gasteiger partial charge in [-0.05, 0) is 30.3 Å². The molecule has 7 heteroatoms. The topological polar surface area (TPSA) is 66.9 Å². The van der Waals surface area contributed by atoms with Gasteiger partial charge < -0.3 is 10.6 Å². The third kappa shape index (κ3) is 3.34. The lowest BCUT2D eigenvalue weighted by Crippen LogP contribution is -2.09. The van der Waals surface area contributed by atoms with Crippen molar-refractivity contribution in [3.63, 3.8) is 0 Å². The summed E-state index contributed by atoms with van der Waals surface area (Å²) in [6, 6.07) is 7.85. The van der Waals surface area contributed by atoms with E-state index in [1.165, 1.54) is 18.5 Å². The fourth-order valence-corrected chi connectivity index (χ4v) is 2.51. The lowest BCUT2D eigenvalue weighted by molar-refractivity contribution is -0.111. The van der Waals surface area contributed by atoms with Crippen LogP contribution in [0.4, 0.5) is 21.6 Å². The first kappa shape index (κ1) is 17.4. The van der Waals surface area contributed by atoms with Crippen molar-refractivity contribution in [2.75, 3.05) is 10.6 Å². The number of halogens is 2. The minimum Gasteiger partial charge on any atom is -0.337 e. The molecule has 0 atom stereocenters. The number of aromatic nitrogens is 2. The number of amides is 1. The third-order valence-electron chi connectivity index (χ3n) is 3.58. The molecule has 0 unspecified atom stereocenters. The van der Waals surface area contributed by atoms with Crippen molar-refractivity contribution in [1.29, 1.82) is 0 Å². The molecule has 0 saturated carbocycles. The second-order valence-corrected chi connectivity index (χ2v) is 5.61. The van der Waals surface area contributed by atoms with Gasteiger partial charge in [0, 0.05) is 5.39 Å². The molecule has 128 valence electrons. The molecular formula is C19H12ClFN4O. The van der Waals surface area contributed by atoms with Gasteiger partial charge in [-0.25, -0.2) is 14.4 Å². The zero-order valence-electron chi connectivity index (χ0n) is 13.4. The predicted molar refractivity (Wildman–Crippen MR) is 101 cm³/mol. The van der Waals surface area contributed by atoms with Crippen LogP contribution in [0.25, 0.3) is 10.9 Å². The van der Waals surface area contributed by atoms with Crippen LogP contribution in [0, 0.1) is 18.2 Å². The van der Waals surface area contributed by atoms with E-state index in [0.717, 1.165) is 6.08 Å². The number of carbonyl (C=O) groups excluding carboxylic acids is 1. The number of benzene rings is 2. The standard InChI is InChI=1S/C19H12ClFN4O/c1-3-11-8-16-12(9-15(11)24-17(26)4-2)19(23-10-22-16)25-14-7-5-6-13(20)18(14)21/h1,4-10H,2H2,(H,24,26)(H,22,23,25). The van der Waals surface area contributed by atoms with Gasteiger partial charge in [-0.1, -0.05) is 30.2 Å². The number of nitrogens with zero attached hydrogens (tertiary/aromatic N) is 2. The molecule has 0 spiro atoms. The molecule has 3 rings (SSSR count). The van der Waals surface area contributed by atoms with Crippen molar-refractivity contribution in [2.24, 2.45) is 0 Å². The first-order valence-electron chi connectivity index (χ1n) is 7.43. The average Bonchev–Trinajstić information content (AvgIpc) is 2.65. The van der Waals surface area contributed by atoms with Gasteiger partial charge in [-0.15, -0.1) is 6.42 Å². The highest BCUT2D eigenvalue weighted by molar-refractivity contribution is 6.31. The zero-order chi connectivity index (χ0) is 18.7. The second-order valence-electron chi connectivity index (χ2n) is 5.20. The van der Waals surface area contributed by atoms with Crippen molar-refractivity contribution >= 4 is 45.6 Å². The zero-order valence-corrected chi connectivity index (χ0v) is 14.1. The Morgan fingerprint density at radius 2 is 2.12 bits per heavy atom. The maximum absolute atomic E-state index is 14.2. The van der Waals surface area contributed by atoms with E-state index in [0.29, 0.717) is 28.0 Å². The van der Waals surface area contributed by atoms with Gasteiger partial charge in [0.25, 0.3) is 0 Å². The Balaban J connectivity index is 2.13. The van der Waals surface area contributed by atoms with E-state index < -0.39 is 11.7 Å². The highest BCUT2D eigenvalue weighted by Gasteiger charge is 2.13. The molecule has 1 amide bonds. The van der Waals surface area contributed by atoms with Crippen LogP contribution in [0.1, 0.15) is 5.56 Å². The molecule has 0 saturated heterocycles. The molecule has 0 aliphatic rings. The minimum atomic E-state index is -0.596. The molecule has 2 N–H and O–H groups in total. The maximum atomic E-state index is 14.2. The minimum absolute atomic E-state index is 0.0121. The summed E-state index contributed by atoms with van der Waals surface area (Å²) < 4.78 is 14.2. The lowest BCUT2D eigenvalue weighted by Gasteiger charge is -2.12. The van der Waals surface area contributed by atoms with Gasteiger partial charge in [0.05, 0.1) is 27.5 Å². The summed E-state index contributed by atoms with van der Waals surface area (Å²) >= 11 is 5.81. The third-order valence-corrected chi connectivity index (χ3v) is 3.87. The monoisotopic (exact) mass is 366 g/mol. The van der Waals surface area contributed by atoms with Gasteiger partial charge in [0.1, 0.15) is 12.1 Å². The molecule has 0 aliphatic heterocycles. The Bertz CT molecular complexity index is 1080. The van der Waals surface area contributed by atoms with Crippen LogP contribution in [0.5, 0.6) is 0 Å². The smallest absolute Gasteiger partial charge is 0.247 e. The molecule has 3 aromatic rings. The molecular weight excluding hydrogens is 355 g/mol. The van der Waals surface area contributed by atoms with Crippen molar-refractivity contribution in [2.45, 2.75) is 0 Å². The molecule has 0 aliphatic carbocycles. The normalized spacial score (nSPS) is 10.2. The number of hydrogen-bond acceptors (Lipinski definition) is 4. The number of fused-ring (bicyclic) bond motifs is 1. The van der Waals surface area contributed by atoms with Gasteiger partial charge >= 0.3 is 0 Å². The Hall–Kier alpha value is -3.43. The summed E-state index contributed by atoms with van der Waals surface area (Å²) in [4.78, 5) is 20.0. The van der Waals surface area contributed by atoms with Crippen LogP contribution in [0.15, 0.2) is 49.3 Å². The summed E-state index contributed by atoms with van der Waals surface area (Å²) in [5, 5.41) is 6.06. The molecule has 1 heterocycles. The van der Waals surface area contributed by atoms with Crippen molar-refractivity contribution < 1.29 is 9.18 Å². The SMILES string of the molecule is C#Cc1cc2ncnc(Nc3cccc(Cl)c3F)c2cc1NC(=O)C=C. The summed E-state index contributed by atoms with van der Waals surface area (Å²) in [6.07, 6.45) is 7.97. The van der Waals surface area contributed by atoms with E-state index in [2.05, 4.69) is 33.1 Å². The fraction of sp³-hybridized carbons (Fsp3) is 0. The van der Waals surface area contributed by atoms with Crippen LogP contribution >= 0.6 is 11.6 Å². The summed E-state index contributed by atoms with van der Waals surface area (Å²) in [7, 11) is 0. The van der Waals surface area contributed by atoms with Crippen LogP contribution < -0.4 is 10.6 Å². The number of anilines is 3. The number of carbonyl (C=O) groups is 1. The van der Waals surface area contributed by atoms with Crippen molar-refractivity contribution in [1.82, 2.24) is 9.97 Å². The van der Waals surface area contributed by atoms with E-state index in [-0.39, 0.29) is 10.7 Å². The van der Waals surface area contributed by atoms with Gasteiger partial charge in [-0.3, -0.25) is 4.79 Å². The maximum Gasteiger partial charge on any atom is 0.247 e. The molecule has 0 radical (unpaired) electrons. The van der Waals surface area contributed by atoms with Crippen molar-refractivity contribution in [3.8, 4) is 12.3 Å². The van der Waals surface area contributed by atoms with E-state index in [9.17, 15) is 9.18 Å². The first-order chi connectivity index (χ1) is 12.5. The quantitative estimate of drug-likeness (QED) is 0.534. The lowest BCUT2D eigenvalue weighted by atomic mass is 10.1. The Morgan fingerprint density at radius 1 is 1.31 bits per heavy atom. The molecule has 5 nitrogen and oxygen atoms in total. The van der Waals surface area contributed by atoms with Crippen LogP contribution in [-0.2, 0) is 4.79 Å². The summed E-state index contributed by atoms with van der Waals surface area (Å²) in [6.45, 7) is 3.41. The average molecular weight is 367 g/mol. The van der Waals surface area contributed by atoms with E-state index in [4.69, 9.17) is 18.0 Å². The fourth-order valence-electron chi connectivity index (χ4n) is 2.34. The van der Waals surface area contributed by atoms with E-state index >= 15 is 0 Å². The second kappa shape index (κ2) is 7.21. The summed E-state index contributed by atoms with van der Waals surface area (Å²) in [5.41, 5.74) is 1.55. The van der Waals surface area contributed by atoms with Crippen LogP contribution in [0.3, 0.4) is 0 Å². The van der Waals surface area contributed by atoms with Crippen molar-refractivity contribution in [3.05, 3.63) is 65.7 Å². The highest BCUT2D eigenvalue weighted by atomic mass is 35.5. The first-order valence-corrected chi connectivity index (χ1v) is 7.81. The van der Waals surface area contributed by atoms with Gasteiger partial charge in [-0.2, -0.15) is 0 Å². The molecule has 0 bridgehead atoms. The molecule has 26 heavy (non-hydrogen) atoms. The Morgan fingerprint density at radius 3 is 2.85 bits per heavy atom. The van der Waals surface area contributed by atoms with E-state index in [1.54, 1.807) is 18.2 Å². The Kier molecular flexibility index (Phi) is 4.83. The molecule has 2 aromatic carbocycles. The van der Waals surface area contributed by atoms with E-state index in [1.807, 2.05) is 0 Å². The van der Waals surface area contributed by atoms with Crippen LogP contribution in [0.2, 0.25) is 5.02 Å². The Labute approximate surface area is 153 Å². The number of nitrogens with one attached hydrogen (secondary N) is 2. The summed E-state index contributed by atoms with van der Waals surface area (Å²) in [5.74, 6) is 1.83. The molecule has 1 aromatic heterocycles. The largest absolute Gasteiger partial charge is 0.337 e.